The van der Waals surface area contributed by atoms with Gasteiger partial charge in [-0.05, 0) is 25.5 Å². The zero-order chi connectivity index (χ0) is 12.7. The molecule has 0 amide bonds. The molecule has 0 saturated carbocycles. The lowest BCUT2D eigenvalue weighted by atomic mass is 10.3. The number of rotatable bonds is 7. The van der Waals surface area contributed by atoms with Gasteiger partial charge in [0.25, 0.3) is 0 Å². The van der Waals surface area contributed by atoms with Crippen molar-refractivity contribution in [2.45, 2.75) is 26.4 Å². The van der Waals surface area contributed by atoms with Gasteiger partial charge < -0.3 is 9.32 Å². The lowest BCUT2D eigenvalue weighted by molar-refractivity contribution is -0.113. The second-order valence-electron chi connectivity index (χ2n) is 3.69. The summed E-state index contributed by atoms with van der Waals surface area (Å²) in [5.41, 5.74) is 0. The zero-order valence-corrected chi connectivity index (χ0v) is 10.9. The summed E-state index contributed by atoms with van der Waals surface area (Å²) < 4.78 is 22.9. The van der Waals surface area contributed by atoms with E-state index in [0.717, 1.165) is 0 Å². The molecule has 0 radical (unpaired) electrons. The van der Waals surface area contributed by atoms with Crippen LogP contribution in [0.3, 0.4) is 0 Å². The minimum atomic E-state index is -3.25. The highest BCUT2D eigenvalue weighted by molar-refractivity contribution is 7.54. The number of carbonyl (C=O) groups excluding carboxylic acids is 1. The fourth-order valence-electron chi connectivity index (χ4n) is 1.31. The molecule has 1 aromatic rings. The molecule has 0 N–H and O–H groups in total. The SMILES string of the molecule is CCCP(=O)(Oc1ccccc1)OC(C)C=O. The third-order valence-corrected chi connectivity index (χ3v) is 4.14. The van der Waals surface area contributed by atoms with E-state index in [1.807, 2.05) is 13.0 Å². The number of para-hydroxylation sites is 1. The molecular formula is C12H17O4P. The maximum Gasteiger partial charge on any atom is 0.379 e. The molecule has 17 heavy (non-hydrogen) atoms. The van der Waals surface area contributed by atoms with Gasteiger partial charge in [-0.25, -0.2) is 4.57 Å². The first-order valence-corrected chi connectivity index (χ1v) is 7.30. The number of benzene rings is 1. The summed E-state index contributed by atoms with van der Waals surface area (Å²) in [5, 5.41) is 0. The smallest absolute Gasteiger partial charge is 0.379 e. The van der Waals surface area contributed by atoms with Gasteiger partial charge in [0.1, 0.15) is 18.1 Å². The average molecular weight is 256 g/mol. The van der Waals surface area contributed by atoms with Crippen LogP contribution in [0, 0.1) is 0 Å². The summed E-state index contributed by atoms with van der Waals surface area (Å²) >= 11 is 0. The summed E-state index contributed by atoms with van der Waals surface area (Å²) in [5.74, 6) is 0.488. The van der Waals surface area contributed by atoms with Crippen LogP contribution >= 0.6 is 7.60 Å². The lowest BCUT2D eigenvalue weighted by Gasteiger charge is -2.20. The van der Waals surface area contributed by atoms with E-state index in [1.165, 1.54) is 0 Å². The molecular weight excluding hydrogens is 239 g/mol. The van der Waals surface area contributed by atoms with Crippen LogP contribution in [0.15, 0.2) is 30.3 Å². The van der Waals surface area contributed by atoms with Gasteiger partial charge in [-0.2, -0.15) is 0 Å². The summed E-state index contributed by atoms with van der Waals surface area (Å²) in [6.45, 7) is 3.43. The lowest BCUT2D eigenvalue weighted by Crippen LogP contribution is -2.12. The van der Waals surface area contributed by atoms with Crippen molar-refractivity contribution in [1.29, 1.82) is 0 Å². The molecule has 0 aliphatic carbocycles. The maximum atomic E-state index is 12.3. The third-order valence-electron chi connectivity index (χ3n) is 2.00. The molecule has 0 aromatic heterocycles. The van der Waals surface area contributed by atoms with Gasteiger partial charge in [0.05, 0.1) is 6.16 Å². The summed E-state index contributed by atoms with van der Waals surface area (Å²) in [4.78, 5) is 10.5. The summed E-state index contributed by atoms with van der Waals surface area (Å²) in [6.07, 6.45) is 0.836. The molecule has 0 saturated heterocycles. The van der Waals surface area contributed by atoms with E-state index in [4.69, 9.17) is 9.05 Å². The molecule has 4 nitrogen and oxygen atoms in total. The quantitative estimate of drug-likeness (QED) is 0.555. The molecule has 0 spiro atoms. The number of carbonyl (C=O) groups is 1. The van der Waals surface area contributed by atoms with E-state index in [1.54, 1.807) is 31.2 Å². The Morgan fingerprint density at radius 3 is 2.53 bits per heavy atom. The highest BCUT2D eigenvalue weighted by Crippen LogP contribution is 2.49. The fraction of sp³-hybridized carbons (Fsp3) is 0.417. The molecule has 0 fully saturated rings. The second-order valence-corrected chi connectivity index (χ2v) is 5.75. The summed E-state index contributed by atoms with van der Waals surface area (Å²) in [7, 11) is -3.25. The second kappa shape index (κ2) is 6.58. The van der Waals surface area contributed by atoms with Crippen LogP contribution < -0.4 is 4.52 Å². The number of hydrogen-bond donors (Lipinski definition) is 0. The molecule has 1 aromatic carbocycles. The Morgan fingerprint density at radius 2 is 2.00 bits per heavy atom. The van der Waals surface area contributed by atoms with Crippen molar-refractivity contribution in [3.05, 3.63) is 30.3 Å². The Hall–Kier alpha value is -1.12. The van der Waals surface area contributed by atoms with Crippen molar-refractivity contribution >= 4 is 13.9 Å². The predicted molar refractivity (Wildman–Crippen MR) is 66.4 cm³/mol. The molecule has 1 rings (SSSR count). The van der Waals surface area contributed by atoms with Crippen LogP contribution in [0.1, 0.15) is 20.3 Å². The third kappa shape index (κ3) is 4.72. The number of aldehydes is 1. The van der Waals surface area contributed by atoms with Crippen molar-refractivity contribution in [2.75, 3.05) is 6.16 Å². The standard InChI is InChI=1S/C12H17O4P/c1-3-9-17(14,15-11(2)10-13)16-12-7-5-4-6-8-12/h4-8,10-11H,3,9H2,1-2H3. The first-order chi connectivity index (χ1) is 8.09. The van der Waals surface area contributed by atoms with Crippen molar-refractivity contribution in [2.24, 2.45) is 0 Å². The first kappa shape index (κ1) is 13.9. The molecule has 2 atom stereocenters. The van der Waals surface area contributed by atoms with Gasteiger partial charge in [0.2, 0.25) is 0 Å². The van der Waals surface area contributed by atoms with Gasteiger partial charge >= 0.3 is 7.60 Å². The molecule has 0 aliphatic heterocycles. The normalized spacial score (nSPS) is 15.9. The van der Waals surface area contributed by atoms with Gasteiger partial charge in [0, 0.05) is 0 Å². The average Bonchev–Trinajstić information content (AvgIpc) is 2.30. The monoisotopic (exact) mass is 256 g/mol. The topological polar surface area (TPSA) is 52.6 Å². The number of hydrogen-bond acceptors (Lipinski definition) is 4. The Bertz CT molecular complexity index is 391. The van der Waals surface area contributed by atoms with E-state index < -0.39 is 13.7 Å². The molecule has 0 aliphatic rings. The predicted octanol–water partition coefficient (Wildman–Crippen LogP) is 3.27. The van der Waals surface area contributed by atoms with Crippen molar-refractivity contribution in [3.63, 3.8) is 0 Å². The van der Waals surface area contributed by atoms with E-state index in [0.29, 0.717) is 24.6 Å². The van der Waals surface area contributed by atoms with Crippen LogP contribution in [0.4, 0.5) is 0 Å². The van der Waals surface area contributed by atoms with E-state index >= 15 is 0 Å². The molecule has 0 bridgehead atoms. The van der Waals surface area contributed by atoms with Crippen LogP contribution in [0.2, 0.25) is 0 Å². The van der Waals surface area contributed by atoms with Crippen molar-refractivity contribution in [3.8, 4) is 5.75 Å². The van der Waals surface area contributed by atoms with Crippen LogP contribution in [0.5, 0.6) is 5.75 Å². The van der Waals surface area contributed by atoms with Crippen LogP contribution in [-0.2, 0) is 13.9 Å². The zero-order valence-electron chi connectivity index (χ0n) is 10.0. The molecule has 94 valence electrons. The fourth-order valence-corrected chi connectivity index (χ4v) is 3.10. The summed E-state index contributed by atoms with van der Waals surface area (Å²) in [6, 6.07) is 8.82. The van der Waals surface area contributed by atoms with Crippen molar-refractivity contribution in [1.82, 2.24) is 0 Å². The Balaban J connectivity index is 2.78. The van der Waals surface area contributed by atoms with Gasteiger partial charge in [-0.3, -0.25) is 4.52 Å². The minimum Gasteiger partial charge on any atom is -0.424 e. The van der Waals surface area contributed by atoms with Gasteiger partial charge in [-0.1, -0.05) is 25.1 Å². The van der Waals surface area contributed by atoms with Crippen LogP contribution in [0.25, 0.3) is 0 Å². The van der Waals surface area contributed by atoms with E-state index in [2.05, 4.69) is 0 Å². The minimum absolute atomic E-state index is 0.292. The van der Waals surface area contributed by atoms with E-state index in [9.17, 15) is 9.36 Å². The van der Waals surface area contributed by atoms with Crippen molar-refractivity contribution < 1.29 is 18.4 Å². The Morgan fingerprint density at radius 1 is 1.35 bits per heavy atom. The van der Waals surface area contributed by atoms with E-state index in [-0.39, 0.29) is 0 Å². The maximum absolute atomic E-state index is 12.3. The largest absolute Gasteiger partial charge is 0.424 e. The Kier molecular flexibility index (Phi) is 5.39. The molecule has 0 heterocycles. The molecule has 2 unspecified atom stereocenters. The highest BCUT2D eigenvalue weighted by atomic mass is 31.2. The van der Waals surface area contributed by atoms with Gasteiger partial charge in [-0.15, -0.1) is 0 Å². The Labute approximate surface area is 101 Å². The highest BCUT2D eigenvalue weighted by Gasteiger charge is 2.27. The first-order valence-electron chi connectivity index (χ1n) is 5.57. The van der Waals surface area contributed by atoms with Crippen LogP contribution in [-0.4, -0.2) is 18.6 Å². The van der Waals surface area contributed by atoms with Gasteiger partial charge in [0.15, 0.2) is 0 Å². The molecule has 5 heteroatoms.